The number of esters is 1. The molecule has 3 heterocycles. The van der Waals surface area contributed by atoms with E-state index in [2.05, 4.69) is 0 Å². The van der Waals surface area contributed by atoms with Crippen LogP contribution in [-0.2, 0) is 23.7 Å². The van der Waals surface area contributed by atoms with E-state index in [1.165, 1.54) is 43.3 Å². The molecule has 10 N–H and O–H groups in total. The summed E-state index contributed by atoms with van der Waals surface area (Å²) >= 11 is 0. The number of phenols is 5. The topological polar surface area (TPSA) is 296 Å². The zero-order valence-corrected chi connectivity index (χ0v) is 28.1. The number of fused-ring (bicyclic) bond motifs is 1. The van der Waals surface area contributed by atoms with Crippen LogP contribution in [0.1, 0.15) is 12.5 Å². The van der Waals surface area contributed by atoms with Gasteiger partial charge in [-0.2, -0.15) is 0 Å². The van der Waals surface area contributed by atoms with E-state index in [9.17, 15) is 60.7 Å². The number of aromatic hydroxyl groups is 5. The average molecular weight is 757 g/mol. The summed E-state index contributed by atoms with van der Waals surface area (Å²) in [7, 11) is 0. The Morgan fingerprint density at radius 1 is 0.759 bits per heavy atom. The maximum atomic E-state index is 13.9. The van der Waals surface area contributed by atoms with Crippen molar-refractivity contribution in [3.05, 3.63) is 76.5 Å². The van der Waals surface area contributed by atoms with Gasteiger partial charge in [-0.05, 0) is 48.9 Å². The number of rotatable bonds is 9. The first-order valence-electron chi connectivity index (χ1n) is 16.3. The Kier molecular flexibility index (Phi) is 11.0. The lowest BCUT2D eigenvalue weighted by Crippen LogP contribution is -2.62. The monoisotopic (exact) mass is 756 g/mol. The van der Waals surface area contributed by atoms with Gasteiger partial charge in [-0.1, -0.05) is 12.1 Å². The number of hydrogen-bond acceptors (Lipinski definition) is 18. The molecule has 2 aliphatic rings. The van der Waals surface area contributed by atoms with Crippen LogP contribution in [0.3, 0.4) is 0 Å². The lowest BCUT2D eigenvalue weighted by atomic mass is 9.98. The first-order chi connectivity index (χ1) is 25.6. The standard InChI is InChI=1S/C36H36O18/c1-14-26(43)29(46)30(47)35(50-14)49-13-23-27(44)33(53-24(42)9-4-15-2-6-17(37)7-3-15)31(48)36(52-23)54-34-28(45)25-21(41)11-18(38)12-22(25)51-32(34)16-5-8-19(39)20(40)10-16/h2-12,14,23,26-27,29-31,33,35-41,43-44,46-48H,13H2,1H3/b9-4+/t14-,23+,26-,27-,29+,30+,31+,33-,35+,36-/m0/s1. The van der Waals surface area contributed by atoms with Crippen LogP contribution in [0.5, 0.6) is 34.5 Å². The fourth-order valence-electron chi connectivity index (χ4n) is 5.89. The van der Waals surface area contributed by atoms with Crippen LogP contribution in [0, 0.1) is 0 Å². The fourth-order valence-corrected chi connectivity index (χ4v) is 5.89. The Morgan fingerprint density at radius 3 is 2.19 bits per heavy atom. The number of hydrogen-bond donors (Lipinski definition) is 10. The smallest absolute Gasteiger partial charge is 0.331 e. The van der Waals surface area contributed by atoms with Gasteiger partial charge in [0.05, 0.1) is 12.7 Å². The Hall–Kier alpha value is -5.44. The number of aliphatic hydroxyl groups is 5. The summed E-state index contributed by atoms with van der Waals surface area (Å²) in [6.45, 7) is 0.719. The van der Waals surface area contributed by atoms with Crippen molar-refractivity contribution in [2.75, 3.05) is 6.61 Å². The summed E-state index contributed by atoms with van der Waals surface area (Å²) in [6.07, 6.45) is -14.6. The van der Waals surface area contributed by atoms with Crippen LogP contribution < -0.4 is 10.2 Å². The number of ether oxygens (including phenoxy) is 5. The highest BCUT2D eigenvalue weighted by molar-refractivity contribution is 5.89. The number of aliphatic hydroxyl groups excluding tert-OH is 5. The second kappa shape index (κ2) is 15.5. The van der Waals surface area contributed by atoms with Crippen LogP contribution in [0.4, 0.5) is 0 Å². The van der Waals surface area contributed by atoms with Gasteiger partial charge in [-0.15, -0.1) is 0 Å². The van der Waals surface area contributed by atoms with E-state index in [1.807, 2.05) is 0 Å². The van der Waals surface area contributed by atoms with Crippen molar-refractivity contribution >= 4 is 23.0 Å². The van der Waals surface area contributed by atoms with Gasteiger partial charge in [0.15, 0.2) is 35.8 Å². The number of carbonyl (C=O) groups is 1. The highest BCUT2D eigenvalue weighted by atomic mass is 16.7. The molecule has 18 nitrogen and oxygen atoms in total. The molecule has 288 valence electrons. The van der Waals surface area contributed by atoms with Crippen LogP contribution in [0.25, 0.3) is 28.4 Å². The summed E-state index contributed by atoms with van der Waals surface area (Å²) in [5.41, 5.74) is -1.01. The molecule has 3 aromatic carbocycles. The molecular formula is C36H36O18. The van der Waals surface area contributed by atoms with Gasteiger partial charge in [0.2, 0.25) is 17.5 Å². The zero-order valence-electron chi connectivity index (χ0n) is 28.1. The first kappa shape index (κ1) is 38.3. The van der Waals surface area contributed by atoms with Crippen LogP contribution in [0.2, 0.25) is 0 Å². The molecule has 18 heteroatoms. The van der Waals surface area contributed by atoms with Crippen LogP contribution >= 0.6 is 0 Å². The predicted molar refractivity (Wildman–Crippen MR) is 181 cm³/mol. The highest BCUT2D eigenvalue weighted by Gasteiger charge is 2.50. The Bertz CT molecular complexity index is 2080. The van der Waals surface area contributed by atoms with Crippen LogP contribution in [-0.4, -0.2) is 125 Å². The van der Waals surface area contributed by atoms with E-state index >= 15 is 0 Å². The fraction of sp³-hybridized carbons (Fsp3) is 0.333. The summed E-state index contributed by atoms with van der Waals surface area (Å²) in [5.74, 6) is -4.67. The first-order valence-corrected chi connectivity index (χ1v) is 16.3. The van der Waals surface area contributed by atoms with Gasteiger partial charge >= 0.3 is 5.97 Å². The van der Waals surface area contributed by atoms with Gasteiger partial charge in [0, 0.05) is 23.8 Å². The molecule has 0 bridgehead atoms. The van der Waals surface area contributed by atoms with Gasteiger partial charge in [0.1, 0.15) is 58.7 Å². The molecule has 0 radical (unpaired) electrons. The molecule has 0 spiro atoms. The molecule has 10 atom stereocenters. The van der Waals surface area contributed by atoms with Crippen molar-refractivity contribution < 1.29 is 84.0 Å². The lowest BCUT2D eigenvalue weighted by molar-refractivity contribution is -0.319. The molecule has 2 saturated heterocycles. The number of carbonyl (C=O) groups excluding carboxylic acids is 1. The Labute approximate surface area is 304 Å². The summed E-state index contributed by atoms with van der Waals surface area (Å²) in [5, 5.41) is 103. The summed E-state index contributed by atoms with van der Waals surface area (Å²) in [4.78, 5) is 26.9. The number of phenolic OH excluding ortho intramolecular Hbond substituents is 5. The maximum Gasteiger partial charge on any atom is 0.331 e. The van der Waals surface area contributed by atoms with E-state index < -0.39 is 119 Å². The Morgan fingerprint density at radius 2 is 1.48 bits per heavy atom. The van der Waals surface area contributed by atoms with Crippen molar-refractivity contribution in [1.82, 2.24) is 0 Å². The average Bonchev–Trinajstić information content (AvgIpc) is 3.13. The Balaban J connectivity index is 1.36. The van der Waals surface area contributed by atoms with E-state index in [0.717, 1.165) is 30.3 Å². The van der Waals surface area contributed by atoms with E-state index in [4.69, 9.17) is 28.1 Å². The molecule has 4 aromatic rings. The maximum absolute atomic E-state index is 13.9. The number of benzene rings is 3. The van der Waals surface area contributed by atoms with Crippen LogP contribution in [0.15, 0.2) is 69.9 Å². The van der Waals surface area contributed by atoms with E-state index in [0.29, 0.717) is 5.56 Å². The minimum absolute atomic E-state index is 0.0204. The summed E-state index contributed by atoms with van der Waals surface area (Å²) in [6, 6.07) is 10.9. The second-order valence-electron chi connectivity index (χ2n) is 12.6. The quantitative estimate of drug-likeness (QED) is 0.0623. The van der Waals surface area contributed by atoms with Gasteiger partial charge < -0.3 is 79.2 Å². The third-order valence-electron chi connectivity index (χ3n) is 8.82. The third-order valence-corrected chi connectivity index (χ3v) is 8.82. The minimum atomic E-state index is -2.07. The molecule has 6 rings (SSSR count). The molecule has 2 fully saturated rings. The van der Waals surface area contributed by atoms with Gasteiger partial charge in [-0.3, -0.25) is 4.79 Å². The highest BCUT2D eigenvalue weighted by Crippen LogP contribution is 2.40. The zero-order chi connectivity index (χ0) is 39.0. The van der Waals surface area contributed by atoms with Gasteiger partial charge in [0.25, 0.3) is 0 Å². The molecular weight excluding hydrogens is 720 g/mol. The largest absolute Gasteiger partial charge is 0.508 e. The molecule has 0 unspecified atom stereocenters. The minimum Gasteiger partial charge on any atom is -0.508 e. The molecule has 0 amide bonds. The van der Waals surface area contributed by atoms with E-state index in [-0.39, 0.29) is 16.9 Å². The van der Waals surface area contributed by atoms with Crippen molar-refractivity contribution in [3.63, 3.8) is 0 Å². The predicted octanol–water partition coefficient (Wildman–Crippen LogP) is 0.283. The molecule has 54 heavy (non-hydrogen) atoms. The van der Waals surface area contributed by atoms with Crippen molar-refractivity contribution in [2.45, 2.75) is 68.3 Å². The third kappa shape index (κ3) is 7.77. The normalized spacial score (nSPS) is 28.6. The van der Waals surface area contributed by atoms with Gasteiger partial charge in [-0.25, -0.2) is 4.79 Å². The SMILES string of the molecule is C[C@@H]1O[C@@H](OC[C@H]2O[C@@H](Oc3c(-c4ccc(O)c(O)c4)oc4cc(O)cc(O)c4c3=O)[C@H](O)[C@@H](OC(=O)/C=C/c3ccc(O)cc3)[C@H]2O)[C@H](O)[C@H](O)[C@H]1O. The molecule has 2 aliphatic heterocycles. The van der Waals surface area contributed by atoms with E-state index in [1.54, 1.807) is 0 Å². The van der Waals surface area contributed by atoms with Crippen molar-refractivity contribution in [1.29, 1.82) is 0 Å². The molecule has 0 aliphatic carbocycles. The van der Waals surface area contributed by atoms with Crippen molar-refractivity contribution in [2.24, 2.45) is 0 Å². The second-order valence-corrected chi connectivity index (χ2v) is 12.6. The molecule has 1 aromatic heterocycles. The molecule has 0 saturated carbocycles. The summed E-state index contributed by atoms with van der Waals surface area (Å²) < 4.78 is 34.0. The lowest BCUT2D eigenvalue weighted by Gasteiger charge is -2.43. The van der Waals surface area contributed by atoms with Crippen molar-refractivity contribution in [3.8, 4) is 45.8 Å².